The highest BCUT2D eigenvalue weighted by Gasteiger charge is 2.47. The van der Waals surface area contributed by atoms with E-state index in [1.807, 2.05) is 76.2 Å². The molecule has 1 saturated heterocycles. The van der Waals surface area contributed by atoms with Gasteiger partial charge in [0.1, 0.15) is 17.3 Å². The number of hydrogen-bond acceptors (Lipinski definition) is 5. The summed E-state index contributed by atoms with van der Waals surface area (Å²) < 4.78 is 11.4. The van der Waals surface area contributed by atoms with E-state index in [0.29, 0.717) is 28.3 Å². The van der Waals surface area contributed by atoms with E-state index in [0.717, 1.165) is 5.56 Å². The first-order valence-electron chi connectivity index (χ1n) is 12.0. The number of ether oxygens (including phenoxy) is 2. The van der Waals surface area contributed by atoms with E-state index in [1.54, 1.807) is 31.4 Å². The summed E-state index contributed by atoms with van der Waals surface area (Å²) in [4.78, 5) is 28.2. The van der Waals surface area contributed by atoms with Crippen molar-refractivity contribution in [2.75, 3.05) is 12.0 Å². The summed E-state index contributed by atoms with van der Waals surface area (Å²) in [6.07, 6.45) is -0.0468. The number of anilines is 1. The number of hydrogen-bond donors (Lipinski definition) is 1. The number of para-hydroxylation sites is 1. The highest BCUT2D eigenvalue weighted by molar-refractivity contribution is 6.51. The smallest absolute Gasteiger partial charge is 0.300 e. The number of benzene rings is 3. The largest absolute Gasteiger partial charge is 0.507 e. The summed E-state index contributed by atoms with van der Waals surface area (Å²) in [7, 11) is 1.60. The molecule has 0 aliphatic carbocycles. The van der Waals surface area contributed by atoms with E-state index in [-0.39, 0.29) is 23.4 Å². The fraction of sp³-hybridized carbons (Fsp3) is 0.267. The first-order chi connectivity index (χ1) is 17.2. The van der Waals surface area contributed by atoms with Crippen LogP contribution >= 0.6 is 0 Å². The van der Waals surface area contributed by atoms with Crippen molar-refractivity contribution in [1.29, 1.82) is 0 Å². The molecule has 1 amide bonds. The van der Waals surface area contributed by atoms with Crippen LogP contribution in [0.15, 0.2) is 78.4 Å². The van der Waals surface area contributed by atoms with Gasteiger partial charge in [0.05, 0.1) is 24.8 Å². The van der Waals surface area contributed by atoms with Gasteiger partial charge in [-0.3, -0.25) is 14.5 Å². The quantitative estimate of drug-likeness (QED) is 0.244. The summed E-state index contributed by atoms with van der Waals surface area (Å²) in [6, 6.07) is 20.8. The Kier molecular flexibility index (Phi) is 7.15. The van der Waals surface area contributed by atoms with Crippen molar-refractivity contribution in [1.82, 2.24) is 0 Å². The molecule has 1 aliphatic rings. The summed E-state index contributed by atoms with van der Waals surface area (Å²) in [5.41, 5.74) is 2.60. The molecule has 1 heterocycles. The fourth-order valence-corrected chi connectivity index (χ4v) is 4.52. The number of ketones is 1. The summed E-state index contributed by atoms with van der Waals surface area (Å²) in [5, 5.41) is 11.5. The second-order valence-electron chi connectivity index (χ2n) is 9.36. The zero-order valence-corrected chi connectivity index (χ0v) is 21.2. The third-order valence-electron chi connectivity index (χ3n) is 6.15. The Morgan fingerprint density at radius 3 is 2.28 bits per heavy atom. The van der Waals surface area contributed by atoms with E-state index in [9.17, 15) is 14.7 Å². The SMILES string of the molecule is COc1ccc(/C(O)=C2\C(=O)C(=O)N(c3ccccc3)C2c2cccc(OC(C)C)c2)cc1C(C)C. The molecule has 36 heavy (non-hydrogen) atoms. The van der Waals surface area contributed by atoms with Gasteiger partial charge in [-0.1, -0.05) is 44.2 Å². The van der Waals surface area contributed by atoms with Crippen molar-refractivity contribution in [2.45, 2.75) is 45.8 Å². The van der Waals surface area contributed by atoms with Gasteiger partial charge in [-0.05, 0) is 73.4 Å². The molecule has 0 aromatic heterocycles. The molecule has 0 spiro atoms. The van der Waals surface area contributed by atoms with E-state index in [4.69, 9.17) is 9.47 Å². The van der Waals surface area contributed by atoms with Crippen molar-refractivity contribution in [3.63, 3.8) is 0 Å². The van der Waals surface area contributed by atoms with Crippen molar-refractivity contribution in [3.05, 3.63) is 95.1 Å². The second-order valence-corrected chi connectivity index (χ2v) is 9.36. The van der Waals surface area contributed by atoms with Gasteiger partial charge in [-0.25, -0.2) is 0 Å². The molecule has 6 heteroatoms. The lowest BCUT2D eigenvalue weighted by Gasteiger charge is -2.26. The molecule has 0 radical (unpaired) electrons. The molecule has 6 nitrogen and oxygen atoms in total. The van der Waals surface area contributed by atoms with Crippen LogP contribution in [0.1, 0.15) is 56.3 Å². The number of carbonyl (C=O) groups is 2. The fourth-order valence-electron chi connectivity index (χ4n) is 4.52. The van der Waals surface area contributed by atoms with Gasteiger partial charge in [-0.2, -0.15) is 0 Å². The lowest BCUT2D eigenvalue weighted by Crippen LogP contribution is -2.29. The Hall–Kier alpha value is -4.06. The van der Waals surface area contributed by atoms with Crippen molar-refractivity contribution in [2.24, 2.45) is 0 Å². The van der Waals surface area contributed by atoms with E-state index in [2.05, 4.69) is 0 Å². The van der Waals surface area contributed by atoms with Gasteiger partial charge in [-0.15, -0.1) is 0 Å². The van der Waals surface area contributed by atoms with Crippen molar-refractivity contribution in [3.8, 4) is 11.5 Å². The molecule has 1 fully saturated rings. The van der Waals surface area contributed by atoms with Crippen LogP contribution in [0.5, 0.6) is 11.5 Å². The summed E-state index contributed by atoms with van der Waals surface area (Å²) in [6.45, 7) is 7.91. The normalized spacial score (nSPS) is 17.2. The number of amides is 1. The van der Waals surface area contributed by atoms with E-state index >= 15 is 0 Å². The van der Waals surface area contributed by atoms with Crippen LogP contribution in [0, 0.1) is 0 Å². The zero-order chi connectivity index (χ0) is 26.0. The second kappa shape index (κ2) is 10.3. The highest BCUT2D eigenvalue weighted by atomic mass is 16.5. The molecule has 1 aliphatic heterocycles. The number of rotatable bonds is 7. The topological polar surface area (TPSA) is 76.1 Å². The Bertz CT molecular complexity index is 1310. The molecule has 0 saturated carbocycles. The molecule has 4 rings (SSSR count). The van der Waals surface area contributed by atoms with Gasteiger partial charge in [0.25, 0.3) is 11.7 Å². The van der Waals surface area contributed by atoms with Crippen LogP contribution in [0.3, 0.4) is 0 Å². The average Bonchev–Trinajstić information content (AvgIpc) is 3.13. The maximum atomic E-state index is 13.4. The molecular formula is C30H31NO5. The Morgan fingerprint density at radius 1 is 0.917 bits per heavy atom. The number of aliphatic hydroxyl groups excluding tert-OH is 1. The van der Waals surface area contributed by atoms with Crippen LogP contribution in [-0.2, 0) is 9.59 Å². The van der Waals surface area contributed by atoms with Crippen LogP contribution in [0.2, 0.25) is 0 Å². The van der Waals surface area contributed by atoms with Gasteiger partial charge in [0.15, 0.2) is 0 Å². The summed E-state index contributed by atoms with van der Waals surface area (Å²) in [5.74, 6) is -0.218. The minimum absolute atomic E-state index is 0.0328. The van der Waals surface area contributed by atoms with E-state index < -0.39 is 17.7 Å². The maximum absolute atomic E-state index is 13.4. The lowest BCUT2D eigenvalue weighted by molar-refractivity contribution is -0.132. The molecule has 1 N–H and O–H groups in total. The molecule has 1 unspecified atom stereocenters. The number of aliphatic hydroxyl groups is 1. The minimum Gasteiger partial charge on any atom is -0.507 e. The number of Topliss-reactive ketones (excluding diaryl/α,β-unsaturated/α-hetero) is 1. The maximum Gasteiger partial charge on any atom is 0.300 e. The third-order valence-corrected chi connectivity index (χ3v) is 6.15. The van der Waals surface area contributed by atoms with Crippen molar-refractivity contribution < 1.29 is 24.2 Å². The average molecular weight is 486 g/mol. The molecule has 1 atom stereocenters. The lowest BCUT2D eigenvalue weighted by atomic mass is 9.93. The van der Waals surface area contributed by atoms with Gasteiger partial charge >= 0.3 is 0 Å². The van der Waals surface area contributed by atoms with E-state index in [1.165, 1.54) is 4.90 Å². The van der Waals surface area contributed by atoms with Crippen LogP contribution in [0.4, 0.5) is 5.69 Å². The van der Waals surface area contributed by atoms with Crippen molar-refractivity contribution >= 4 is 23.1 Å². The zero-order valence-electron chi connectivity index (χ0n) is 21.2. The Balaban J connectivity index is 1.94. The van der Waals surface area contributed by atoms with Crippen LogP contribution in [-0.4, -0.2) is 30.0 Å². The van der Waals surface area contributed by atoms with Crippen LogP contribution in [0.25, 0.3) is 5.76 Å². The third kappa shape index (κ3) is 4.71. The number of nitrogens with zero attached hydrogens (tertiary/aromatic N) is 1. The molecule has 3 aromatic rings. The number of carbonyl (C=O) groups excluding carboxylic acids is 2. The highest BCUT2D eigenvalue weighted by Crippen LogP contribution is 2.43. The minimum atomic E-state index is -0.826. The van der Waals surface area contributed by atoms with Gasteiger partial charge in [0.2, 0.25) is 0 Å². The molecule has 3 aromatic carbocycles. The van der Waals surface area contributed by atoms with Gasteiger partial charge in [0, 0.05) is 11.3 Å². The monoisotopic (exact) mass is 485 g/mol. The Labute approximate surface area is 211 Å². The predicted octanol–water partition coefficient (Wildman–Crippen LogP) is 6.23. The summed E-state index contributed by atoms with van der Waals surface area (Å²) >= 11 is 0. The standard InChI is InChI=1S/C30H31NO5/c1-18(2)24-17-21(14-15-25(24)35-5)28(32)26-27(20-10-9-13-23(16-20)36-19(3)4)31(30(34)29(26)33)22-11-7-6-8-12-22/h6-19,27,32H,1-5H3/b28-26+. The van der Waals surface area contributed by atoms with Crippen LogP contribution < -0.4 is 14.4 Å². The Morgan fingerprint density at radius 2 is 1.64 bits per heavy atom. The van der Waals surface area contributed by atoms with Gasteiger partial charge < -0.3 is 14.6 Å². The number of methoxy groups -OCH3 is 1. The molecule has 186 valence electrons. The predicted molar refractivity (Wildman–Crippen MR) is 141 cm³/mol. The molecule has 0 bridgehead atoms. The first-order valence-corrected chi connectivity index (χ1v) is 12.0. The first kappa shape index (κ1) is 25.0. The molecular weight excluding hydrogens is 454 g/mol.